The standard InChI is InChI=1S/C18H15ClN6O2S/c19-14-9-5-4-6-12(14)11-20-23-15(26)10-16-24-25-18(28-16)22-17(27)21-13-7-2-1-3-8-13/h1-9,11H,10H2,(H,23,26)(H2,21,22,25,27)/b20-11+. The molecule has 1 aromatic heterocycles. The maximum atomic E-state index is 11.9. The minimum absolute atomic E-state index is 0.0144. The first-order valence-electron chi connectivity index (χ1n) is 8.12. The predicted octanol–water partition coefficient (Wildman–Crippen LogP) is 3.53. The lowest BCUT2D eigenvalue weighted by Gasteiger charge is -2.03. The SMILES string of the molecule is O=C(Cc1nnc(NC(=O)Nc2ccccc2)s1)N/N=C/c1ccccc1Cl. The van der Waals surface area contributed by atoms with Crippen molar-refractivity contribution in [3.8, 4) is 0 Å². The molecular formula is C18H15ClN6O2S. The molecule has 3 aromatic rings. The van der Waals surface area contributed by atoms with Crippen LogP contribution in [0.3, 0.4) is 0 Å². The Hall–Kier alpha value is -3.30. The lowest BCUT2D eigenvalue weighted by atomic mass is 10.2. The summed E-state index contributed by atoms with van der Waals surface area (Å²) in [6, 6.07) is 15.7. The molecule has 2 aromatic carbocycles. The number of benzene rings is 2. The lowest BCUT2D eigenvalue weighted by Crippen LogP contribution is -2.19. The molecule has 0 unspecified atom stereocenters. The van der Waals surface area contributed by atoms with E-state index >= 15 is 0 Å². The third-order valence-electron chi connectivity index (χ3n) is 3.33. The number of halogens is 1. The summed E-state index contributed by atoms with van der Waals surface area (Å²) in [5.41, 5.74) is 3.74. The average molecular weight is 415 g/mol. The maximum absolute atomic E-state index is 11.9. The van der Waals surface area contributed by atoms with E-state index in [2.05, 4.69) is 31.4 Å². The summed E-state index contributed by atoms with van der Waals surface area (Å²) in [5.74, 6) is -0.361. The van der Waals surface area contributed by atoms with Crippen LogP contribution >= 0.6 is 22.9 Å². The van der Waals surface area contributed by atoms with Gasteiger partial charge in [-0.2, -0.15) is 5.10 Å². The first kappa shape index (κ1) is 19.5. The average Bonchev–Trinajstić information content (AvgIpc) is 3.10. The number of hydrogen-bond donors (Lipinski definition) is 3. The number of hydrazone groups is 1. The number of carbonyl (C=O) groups is 2. The van der Waals surface area contributed by atoms with Gasteiger partial charge in [0.05, 0.1) is 12.6 Å². The van der Waals surface area contributed by atoms with Crippen molar-refractivity contribution in [3.63, 3.8) is 0 Å². The van der Waals surface area contributed by atoms with E-state index in [0.717, 1.165) is 11.3 Å². The topological polar surface area (TPSA) is 108 Å². The van der Waals surface area contributed by atoms with Crippen LogP contribution in [0.25, 0.3) is 0 Å². The van der Waals surface area contributed by atoms with Gasteiger partial charge in [0.25, 0.3) is 0 Å². The van der Waals surface area contributed by atoms with Crippen molar-refractivity contribution in [1.82, 2.24) is 15.6 Å². The van der Waals surface area contributed by atoms with Gasteiger partial charge in [-0.05, 0) is 18.2 Å². The number of nitrogens with one attached hydrogen (secondary N) is 3. The zero-order valence-electron chi connectivity index (χ0n) is 14.4. The minimum atomic E-state index is -0.442. The maximum Gasteiger partial charge on any atom is 0.325 e. The van der Waals surface area contributed by atoms with Crippen molar-refractivity contribution >= 4 is 51.9 Å². The molecule has 0 radical (unpaired) electrons. The first-order chi connectivity index (χ1) is 13.6. The van der Waals surface area contributed by atoms with Crippen molar-refractivity contribution in [1.29, 1.82) is 0 Å². The number of urea groups is 1. The van der Waals surface area contributed by atoms with Crippen molar-refractivity contribution < 1.29 is 9.59 Å². The molecule has 0 bridgehead atoms. The fourth-order valence-corrected chi connectivity index (χ4v) is 3.00. The third-order valence-corrected chi connectivity index (χ3v) is 4.51. The highest BCUT2D eigenvalue weighted by Crippen LogP contribution is 2.16. The molecular weight excluding hydrogens is 400 g/mol. The van der Waals surface area contributed by atoms with Crippen LogP contribution in [-0.4, -0.2) is 28.4 Å². The van der Waals surface area contributed by atoms with Gasteiger partial charge in [0, 0.05) is 16.3 Å². The van der Waals surface area contributed by atoms with Crippen LogP contribution in [0.1, 0.15) is 10.6 Å². The van der Waals surface area contributed by atoms with Gasteiger partial charge in [-0.25, -0.2) is 10.2 Å². The molecule has 0 aliphatic heterocycles. The monoisotopic (exact) mass is 414 g/mol. The Kier molecular flexibility index (Phi) is 6.66. The van der Waals surface area contributed by atoms with Crippen LogP contribution in [-0.2, 0) is 11.2 Å². The number of carbonyl (C=O) groups excluding carboxylic acids is 2. The van der Waals surface area contributed by atoms with Gasteiger partial charge >= 0.3 is 6.03 Å². The van der Waals surface area contributed by atoms with Crippen molar-refractivity contribution in [2.45, 2.75) is 6.42 Å². The fourth-order valence-electron chi connectivity index (χ4n) is 2.09. The smallest absolute Gasteiger partial charge is 0.308 e. The normalized spacial score (nSPS) is 10.6. The Bertz CT molecular complexity index is 993. The largest absolute Gasteiger partial charge is 0.325 e. The van der Waals surface area contributed by atoms with Crippen molar-refractivity contribution in [3.05, 3.63) is 70.2 Å². The number of nitrogens with zero attached hydrogens (tertiary/aromatic N) is 3. The molecule has 0 spiro atoms. The highest BCUT2D eigenvalue weighted by molar-refractivity contribution is 7.15. The molecule has 28 heavy (non-hydrogen) atoms. The van der Waals surface area contributed by atoms with Crippen LogP contribution in [0.4, 0.5) is 15.6 Å². The van der Waals surface area contributed by atoms with E-state index in [0.29, 0.717) is 21.3 Å². The van der Waals surface area contributed by atoms with Crippen LogP contribution in [0, 0.1) is 0 Å². The molecule has 142 valence electrons. The second-order valence-corrected chi connectivity index (χ2v) is 6.91. The summed E-state index contributed by atoms with van der Waals surface area (Å²) in [6.07, 6.45) is 1.45. The summed E-state index contributed by atoms with van der Waals surface area (Å²) in [7, 11) is 0. The number of para-hydroxylation sites is 1. The summed E-state index contributed by atoms with van der Waals surface area (Å²) >= 11 is 7.11. The number of rotatable bonds is 6. The predicted molar refractivity (Wildman–Crippen MR) is 110 cm³/mol. The second kappa shape index (κ2) is 9.58. The number of aromatic nitrogens is 2. The Morgan fingerprint density at radius 3 is 2.57 bits per heavy atom. The zero-order chi connectivity index (χ0) is 19.8. The highest BCUT2D eigenvalue weighted by atomic mass is 35.5. The molecule has 0 saturated heterocycles. The Morgan fingerprint density at radius 1 is 1.04 bits per heavy atom. The zero-order valence-corrected chi connectivity index (χ0v) is 16.0. The molecule has 1 heterocycles. The fraction of sp³-hybridized carbons (Fsp3) is 0.0556. The molecule has 0 atom stereocenters. The molecule has 3 amide bonds. The van der Waals surface area contributed by atoms with Gasteiger partial charge in [-0.15, -0.1) is 10.2 Å². The van der Waals surface area contributed by atoms with E-state index in [-0.39, 0.29) is 17.5 Å². The van der Waals surface area contributed by atoms with Gasteiger partial charge in [0.15, 0.2) is 0 Å². The molecule has 3 N–H and O–H groups in total. The Labute approximate surface area is 169 Å². The summed E-state index contributed by atoms with van der Waals surface area (Å²) in [5, 5.41) is 18.1. The van der Waals surface area contributed by atoms with E-state index in [9.17, 15) is 9.59 Å². The van der Waals surface area contributed by atoms with Crippen molar-refractivity contribution in [2.24, 2.45) is 5.10 Å². The van der Waals surface area contributed by atoms with Crippen LogP contribution in [0.2, 0.25) is 5.02 Å². The Morgan fingerprint density at radius 2 is 1.79 bits per heavy atom. The van der Waals surface area contributed by atoms with Crippen molar-refractivity contribution in [2.75, 3.05) is 10.6 Å². The summed E-state index contributed by atoms with van der Waals surface area (Å²) in [6.45, 7) is 0. The van der Waals surface area contributed by atoms with Gasteiger partial charge in [-0.1, -0.05) is 59.3 Å². The van der Waals surface area contributed by atoms with E-state index < -0.39 is 6.03 Å². The van der Waals surface area contributed by atoms with Crippen LogP contribution in [0.15, 0.2) is 59.7 Å². The highest BCUT2D eigenvalue weighted by Gasteiger charge is 2.11. The molecule has 8 nitrogen and oxygen atoms in total. The second-order valence-electron chi connectivity index (χ2n) is 5.44. The van der Waals surface area contributed by atoms with Gasteiger partial charge < -0.3 is 5.32 Å². The van der Waals surface area contributed by atoms with E-state index in [1.807, 2.05) is 24.3 Å². The molecule has 3 rings (SSSR count). The number of hydrogen-bond acceptors (Lipinski definition) is 6. The minimum Gasteiger partial charge on any atom is -0.308 e. The van der Waals surface area contributed by atoms with E-state index in [4.69, 9.17) is 11.6 Å². The number of anilines is 2. The molecule has 0 aliphatic carbocycles. The molecule has 0 saturated carbocycles. The molecule has 0 fully saturated rings. The molecule has 10 heteroatoms. The van der Waals surface area contributed by atoms with Gasteiger partial charge in [0.1, 0.15) is 5.01 Å². The summed E-state index contributed by atoms with van der Waals surface area (Å²) in [4.78, 5) is 23.9. The van der Waals surface area contributed by atoms with E-state index in [1.54, 1.807) is 30.3 Å². The molecule has 0 aliphatic rings. The van der Waals surface area contributed by atoms with Crippen LogP contribution < -0.4 is 16.1 Å². The van der Waals surface area contributed by atoms with Gasteiger partial charge in [-0.3, -0.25) is 10.1 Å². The quantitative estimate of drug-likeness (QED) is 0.423. The first-order valence-corrected chi connectivity index (χ1v) is 9.31. The van der Waals surface area contributed by atoms with Gasteiger partial charge in [0.2, 0.25) is 11.0 Å². The third kappa shape index (κ3) is 5.86. The van der Waals surface area contributed by atoms with Crippen LogP contribution in [0.5, 0.6) is 0 Å². The van der Waals surface area contributed by atoms with E-state index in [1.165, 1.54) is 6.21 Å². The summed E-state index contributed by atoms with van der Waals surface area (Å²) < 4.78 is 0. The number of amides is 3. The lowest BCUT2D eigenvalue weighted by molar-refractivity contribution is -0.120. The Balaban J connectivity index is 1.48.